The number of carbonyl (C=O) groups excluding carboxylic acids is 2. The van der Waals surface area contributed by atoms with Crippen molar-refractivity contribution in [1.82, 2.24) is 14.8 Å². The van der Waals surface area contributed by atoms with Gasteiger partial charge in [-0.1, -0.05) is 19.3 Å². The molecule has 3 fully saturated rings. The van der Waals surface area contributed by atoms with Gasteiger partial charge in [0.2, 0.25) is 11.8 Å². The van der Waals surface area contributed by atoms with Crippen molar-refractivity contribution >= 4 is 11.8 Å². The maximum atomic E-state index is 13.2. The molecule has 0 radical (unpaired) electrons. The van der Waals surface area contributed by atoms with E-state index in [-0.39, 0.29) is 29.9 Å². The van der Waals surface area contributed by atoms with E-state index < -0.39 is 0 Å². The summed E-state index contributed by atoms with van der Waals surface area (Å²) < 4.78 is 6.06. The molecule has 3 aliphatic rings. The molecular formula is C21H29N3O3. The Balaban J connectivity index is 1.49. The van der Waals surface area contributed by atoms with Crippen LogP contribution in [0.15, 0.2) is 24.5 Å². The predicted molar refractivity (Wildman–Crippen MR) is 101 cm³/mol. The summed E-state index contributed by atoms with van der Waals surface area (Å²) in [5.74, 6) is 1.03. The molecular weight excluding hydrogens is 342 g/mol. The predicted octanol–water partition coefficient (Wildman–Crippen LogP) is 2.63. The van der Waals surface area contributed by atoms with Crippen LogP contribution in [-0.4, -0.2) is 58.4 Å². The van der Waals surface area contributed by atoms with E-state index in [2.05, 4.69) is 4.98 Å². The lowest BCUT2D eigenvalue weighted by Crippen LogP contribution is -2.48. The number of nitrogens with zero attached hydrogens (tertiary/aromatic N) is 3. The SMILES string of the molecule is O=C([C@@H]1C[C@H](Oc2cccnc2)CN1C(=O)C1CCCCC1)N1CCCC1. The minimum atomic E-state index is -0.376. The van der Waals surface area contributed by atoms with E-state index in [0.29, 0.717) is 18.7 Å². The highest BCUT2D eigenvalue weighted by molar-refractivity contribution is 5.89. The van der Waals surface area contributed by atoms with E-state index in [1.807, 2.05) is 21.9 Å². The van der Waals surface area contributed by atoms with Gasteiger partial charge in [0.25, 0.3) is 0 Å². The molecule has 0 N–H and O–H groups in total. The standard InChI is InChI=1S/C21H29N3O3/c25-20(16-7-2-1-3-8-16)24-15-18(27-17-9-6-10-22-14-17)13-19(24)21(26)23-11-4-5-12-23/h6,9-10,14,16,18-19H,1-5,7-8,11-13,15H2/t18-,19-/m0/s1. The molecule has 2 saturated heterocycles. The lowest BCUT2D eigenvalue weighted by molar-refractivity contribution is -0.146. The van der Waals surface area contributed by atoms with Crippen molar-refractivity contribution in [3.05, 3.63) is 24.5 Å². The van der Waals surface area contributed by atoms with Gasteiger partial charge in [-0.25, -0.2) is 0 Å². The van der Waals surface area contributed by atoms with Crippen LogP contribution in [0.25, 0.3) is 0 Å². The van der Waals surface area contributed by atoms with Crippen molar-refractivity contribution in [3.63, 3.8) is 0 Å². The van der Waals surface area contributed by atoms with E-state index in [1.165, 1.54) is 6.42 Å². The molecule has 1 aliphatic carbocycles. The largest absolute Gasteiger partial charge is 0.487 e. The zero-order chi connectivity index (χ0) is 18.6. The van der Waals surface area contributed by atoms with Crippen molar-refractivity contribution in [3.8, 4) is 5.75 Å². The molecule has 2 atom stereocenters. The zero-order valence-electron chi connectivity index (χ0n) is 15.9. The van der Waals surface area contributed by atoms with Gasteiger partial charge in [0.15, 0.2) is 0 Å². The lowest BCUT2D eigenvalue weighted by atomic mass is 9.88. The molecule has 0 unspecified atom stereocenters. The molecule has 6 heteroatoms. The minimum Gasteiger partial charge on any atom is -0.487 e. The van der Waals surface area contributed by atoms with Crippen molar-refractivity contribution < 1.29 is 14.3 Å². The zero-order valence-corrected chi connectivity index (χ0v) is 15.9. The van der Waals surface area contributed by atoms with Crippen LogP contribution in [0.4, 0.5) is 0 Å². The maximum absolute atomic E-state index is 13.2. The quantitative estimate of drug-likeness (QED) is 0.816. The van der Waals surface area contributed by atoms with Crippen LogP contribution in [-0.2, 0) is 9.59 Å². The molecule has 0 bridgehead atoms. The normalized spacial score (nSPS) is 26.4. The molecule has 146 valence electrons. The Morgan fingerprint density at radius 1 is 1.04 bits per heavy atom. The Hall–Kier alpha value is -2.11. The number of pyridine rings is 1. The van der Waals surface area contributed by atoms with Gasteiger partial charge in [0, 0.05) is 31.6 Å². The highest BCUT2D eigenvalue weighted by Crippen LogP contribution is 2.31. The molecule has 2 amide bonds. The van der Waals surface area contributed by atoms with Gasteiger partial charge in [0.1, 0.15) is 17.9 Å². The third-order valence-electron chi connectivity index (χ3n) is 6.14. The first-order valence-corrected chi connectivity index (χ1v) is 10.4. The van der Waals surface area contributed by atoms with Gasteiger partial charge in [0.05, 0.1) is 12.7 Å². The van der Waals surface area contributed by atoms with Crippen LogP contribution < -0.4 is 4.74 Å². The van der Waals surface area contributed by atoms with E-state index in [1.54, 1.807) is 12.4 Å². The number of hydrogen-bond acceptors (Lipinski definition) is 4. The number of hydrogen-bond donors (Lipinski definition) is 0. The molecule has 27 heavy (non-hydrogen) atoms. The summed E-state index contributed by atoms with van der Waals surface area (Å²) in [6.07, 6.45) is 11.3. The fraction of sp³-hybridized carbons (Fsp3) is 0.667. The number of rotatable bonds is 4. The number of aromatic nitrogens is 1. The van der Waals surface area contributed by atoms with Crippen LogP contribution in [0.1, 0.15) is 51.4 Å². The first kappa shape index (κ1) is 18.3. The Bertz CT molecular complexity index is 654. The fourth-order valence-corrected chi connectivity index (χ4v) is 4.70. The van der Waals surface area contributed by atoms with Crippen LogP contribution >= 0.6 is 0 Å². The number of likely N-dealkylation sites (tertiary alicyclic amines) is 2. The molecule has 1 saturated carbocycles. The molecule has 1 aromatic rings. The average molecular weight is 371 g/mol. The Morgan fingerprint density at radius 2 is 1.81 bits per heavy atom. The van der Waals surface area contributed by atoms with E-state index in [9.17, 15) is 9.59 Å². The minimum absolute atomic E-state index is 0.0739. The molecule has 3 heterocycles. The Morgan fingerprint density at radius 3 is 2.52 bits per heavy atom. The summed E-state index contributed by atoms with van der Waals surface area (Å²) in [6, 6.07) is 3.33. The first-order chi connectivity index (χ1) is 13.2. The van der Waals surface area contributed by atoms with Gasteiger partial charge in [-0.2, -0.15) is 0 Å². The van der Waals surface area contributed by atoms with Crippen molar-refractivity contribution in [2.24, 2.45) is 5.92 Å². The third-order valence-corrected chi connectivity index (χ3v) is 6.14. The summed E-state index contributed by atoms with van der Waals surface area (Å²) in [4.78, 5) is 34.2. The monoisotopic (exact) mass is 371 g/mol. The molecule has 1 aromatic heterocycles. The second-order valence-corrected chi connectivity index (χ2v) is 8.04. The average Bonchev–Trinajstić information content (AvgIpc) is 3.39. The van der Waals surface area contributed by atoms with E-state index >= 15 is 0 Å². The molecule has 6 nitrogen and oxygen atoms in total. The van der Waals surface area contributed by atoms with Gasteiger partial charge < -0.3 is 14.5 Å². The highest BCUT2D eigenvalue weighted by Gasteiger charge is 2.44. The summed E-state index contributed by atoms with van der Waals surface area (Å²) in [5.41, 5.74) is 0. The van der Waals surface area contributed by atoms with Crippen LogP contribution in [0.2, 0.25) is 0 Å². The van der Waals surface area contributed by atoms with Crippen LogP contribution in [0.5, 0.6) is 5.75 Å². The second-order valence-electron chi connectivity index (χ2n) is 8.04. The summed E-state index contributed by atoms with van der Waals surface area (Å²) in [5, 5.41) is 0. The fourth-order valence-electron chi connectivity index (χ4n) is 4.70. The van der Waals surface area contributed by atoms with Gasteiger partial charge in [-0.05, 0) is 37.8 Å². The summed E-state index contributed by atoms with van der Waals surface area (Å²) in [6.45, 7) is 2.12. The maximum Gasteiger partial charge on any atom is 0.245 e. The van der Waals surface area contributed by atoms with Crippen LogP contribution in [0.3, 0.4) is 0 Å². The number of ether oxygens (including phenoxy) is 1. The molecule has 0 aromatic carbocycles. The van der Waals surface area contributed by atoms with E-state index in [4.69, 9.17) is 4.74 Å². The Kier molecular flexibility index (Phi) is 5.60. The van der Waals surface area contributed by atoms with E-state index in [0.717, 1.165) is 51.6 Å². The topological polar surface area (TPSA) is 62.7 Å². The second kappa shape index (κ2) is 8.28. The lowest BCUT2D eigenvalue weighted by Gasteiger charge is -2.31. The van der Waals surface area contributed by atoms with Crippen molar-refractivity contribution in [1.29, 1.82) is 0 Å². The van der Waals surface area contributed by atoms with Crippen LogP contribution in [0, 0.1) is 5.92 Å². The molecule has 2 aliphatic heterocycles. The third kappa shape index (κ3) is 4.09. The van der Waals surface area contributed by atoms with Gasteiger partial charge in [-0.15, -0.1) is 0 Å². The summed E-state index contributed by atoms with van der Waals surface area (Å²) >= 11 is 0. The first-order valence-electron chi connectivity index (χ1n) is 10.4. The number of amides is 2. The smallest absolute Gasteiger partial charge is 0.245 e. The van der Waals surface area contributed by atoms with Gasteiger partial charge >= 0.3 is 0 Å². The Labute approximate surface area is 160 Å². The van der Waals surface area contributed by atoms with Gasteiger partial charge in [-0.3, -0.25) is 14.6 Å². The highest BCUT2D eigenvalue weighted by atomic mass is 16.5. The molecule has 0 spiro atoms. The number of carbonyl (C=O) groups is 2. The summed E-state index contributed by atoms with van der Waals surface area (Å²) in [7, 11) is 0. The van der Waals surface area contributed by atoms with Crippen molar-refractivity contribution in [2.75, 3.05) is 19.6 Å². The molecule has 4 rings (SSSR count). The van der Waals surface area contributed by atoms with Crippen molar-refractivity contribution in [2.45, 2.75) is 63.5 Å².